The molecule has 0 bridgehead atoms. The number of fused-ring (bicyclic) bond motifs is 1. The minimum Gasteiger partial charge on any atom is -0.147 e. The van der Waals surface area contributed by atoms with Gasteiger partial charge in [-0.25, -0.2) is 0 Å². The molecule has 2 atom stereocenters. The van der Waals surface area contributed by atoms with Crippen LogP contribution in [0.3, 0.4) is 0 Å². The first-order valence-electron chi connectivity index (χ1n) is 11.6. The molecular weight excluding hydrogens is 701 g/mol. The number of aromatic hydroxyl groups is 1. The maximum Gasteiger partial charge on any atom is -0.147 e. The molecule has 0 radical (unpaired) electrons. The summed E-state index contributed by atoms with van der Waals surface area (Å²) in [7, 11) is -3.52. The van der Waals surface area contributed by atoms with Crippen LogP contribution < -0.4 is 19.3 Å². The number of pyridine rings is 2. The van der Waals surface area contributed by atoms with Crippen molar-refractivity contribution in [2.45, 2.75) is 23.8 Å². The van der Waals surface area contributed by atoms with Gasteiger partial charge in [-0.15, -0.1) is 37.2 Å². The molecule has 2 unspecified atom stereocenters. The van der Waals surface area contributed by atoms with E-state index >= 15 is 0 Å². The Morgan fingerprint density at radius 3 is 2.30 bits per heavy atom. The number of aromatic nitrogens is 2. The van der Waals surface area contributed by atoms with Crippen LogP contribution >= 0.6 is 60.4 Å². The molecule has 3 heterocycles. The third-order valence-corrected chi connectivity index (χ3v) is 11.3. The maximum atomic E-state index is 12.7. The van der Waals surface area contributed by atoms with Crippen molar-refractivity contribution in [3.05, 3.63) is 64.9 Å². The van der Waals surface area contributed by atoms with Crippen molar-refractivity contribution in [1.29, 1.82) is 0 Å². The average molecular weight is 729 g/mol. The number of rotatable bonds is 5. The first kappa shape index (κ1) is 34.7. The first-order chi connectivity index (χ1) is 17.6. The normalized spacial score (nSPS) is 15.4. The van der Waals surface area contributed by atoms with Crippen LogP contribution in [0.2, 0.25) is 10.0 Å². The molecule has 0 saturated carbocycles. The van der Waals surface area contributed by atoms with Gasteiger partial charge in [-0.1, -0.05) is 0 Å². The molecule has 1 saturated heterocycles. The van der Waals surface area contributed by atoms with Crippen LogP contribution in [0.15, 0.2) is 59.8 Å². The summed E-state index contributed by atoms with van der Waals surface area (Å²) in [6, 6.07) is 13.1. The third kappa shape index (κ3) is 7.47. The molecule has 14 heteroatoms. The first-order valence-corrected chi connectivity index (χ1v) is 16.4. The number of piperidine rings is 1. The number of benzene rings is 2. The zero-order chi connectivity index (χ0) is 26.3. The molecule has 0 aliphatic carbocycles. The number of hydrogen-bond donors (Lipinski definition) is 2. The van der Waals surface area contributed by atoms with Gasteiger partial charge in [0, 0.05) is 0 Å². The second kappa shape index (κ2) is 14.1. The minimum absolute atomic E-state index is 0. The van der Waals surface area contributed by atoms with E-state index in [1.165, 1.54) is 12.5 Å². The second-order valence-corrected chi connectivity index (χ2v) is 14.8. The summed E-state index contributed by atoms with van der Waals surface area (Å²) in [6.45, 7) is 1.71. The Morgan fingerprint density at radius 1 is 1.00 bits per heavy atom. The Labute approximate surface area is 268 Å². The number of sulfone groups is 1. The van der Waals surface area contributed by atoms with Gasteiger partial charge in [0.25, 0.3) is 0 Å². The molecule has 4 aromatic rings. The van der Waals surface area contributed by atoms with Gasteiger partial charge in [0.1, 0.15) is 0 Å². The number of nitrogens with zero attached hydrogens (tertiary/aromatic N) is 3. The molecule has 0 amide bonds. The summed E-state index contributed by atoms with van der Waals surface area (Å²) in [5.74, 6) is 0.709. The van der Waals surface area contributed by atoms with Gasteiger partial charge in [0.15, 0.2) is 0 Å². The Bertz CT molecular complexity index is 1590. The van der Waals surface area contributed by atoms with Crippen LogP contribution in [0, 0.1) is 0 Å². The molecule has 0 spiro atoms. The molecule has 40 heavy (non-hydrogen) atoms. The number of phenolic OH excluding ortho intramolecular Hbond substituents is 1. The van der Waals surface area contributed by atoms with Gasteiger partial charge in [-0.05, 0) is 0 Å². The van der Waals surface area contributed by atoms with E-state index in [-0.39, 0.29) is 64.0 Å². The Hall–Kier alpha value is -1.48. The van der Waals surface area contributed by atoms with Crippen molar-refractivity contribution in [2.75, 3.05) is 24.2 Å². The van der Waals surface area contributed by atoms with Crippen LogP contribution in [0.25, 0.3) is 22.0 Å². The predicted octanol–water partition coefficient (Wildman–Crippen LogP) is 4.29. The minimum atomic E-state index is -3.52. The number of anilines is 1. The Kier molecular flexibility index (Phi) is 12.3. The molecule has 2 aromatic carbocycles. The molecule has 2 aromatic heterocycles. The summed E-state index contributed by atoms with van der Waals surface area (Å²) in [6.07, 6.45) is 6.56. The molecular formula is C26H28AsCl5N4O3S. The molecule has 7 nitrogen and oxygen atoms in total. The SMILES string of the molecule is CS(=O)(=O)c1cnc2ccc(-c3cc(Cl)c(O)c(Cl)c3)cc2c1[AsH]c1ccc(N2CCCC(N)C2)nc1.Cl.Cl.Cl. The fourth-order valence-electron chi connectivity index (χ4n) is 4.51. The number of halogens is 5. The van der Waals surface area contributed by atoms with E-state index in [4.69, 9.17) is 28.9 Å². The van der Waals surface area contributed by atoms with Crippen molar-refractivity contribution in [3.8, 4) is 16.9 Å². The van der Waals surface area contributed by atoms with E-state index < -0.39 is 25.6 Å². The number of hydrogen-bond acceptors (Lipinski definition) is 7. The molecule has 216 valence electrons. The molecule has 3 N–H and O–H groups in total. The van der Waals surface area contributed by atoms with Crippen molar-refractivity contribution in [2.24, 2.45) is 5.73 Å². The molecule has 1 fully saturated rings. The van der Waals surface area contributed by atoms with E-state index in [0.717, 1.165) is 51.4 Å². The van der Waals surface area contributed by atoms with Crippen LogP contribution in [-0.4, -0.2) is 64.6 Å². The van der Waals surface area contributed by atoms with Crippen LogP contribution in [-0.2, 0) is 9.84 Å². The summed E-state index contributed by atoms with van der Waals surface area (Å²) < 4.78 is 27.3. The van der Waals surface area contributed by atoms with E-state index in [9.17, 15) is 13.5 Å². The quantitative estimate of drug-likeness (QED) is 0.296. The van der Waals surface area contributed by atoms with Gasteiger partial charge in [-0.2, -0.15) is 0 Å². The van der Waals surface area contributed by atoms with Crippen LogP contribution in [0.5, 0.6) is 5.75 Å². The average Bonchev–Trinajstić information content (AvgIpc) is 2.86. The van der Waals surface area contributed by atoms with Crippen molar-refractivity contribution < 1.29 is 13.5 Å². The summed E-state index contributed by atoms with van der Waals surface area (Å²) in [5.41, 5.74) is 8.31. The number of phenols is 1. The number of nitrogens with two attached hydrogens (primary N) is 1. The topological polar surface area (TPSA) is 109 Å². The monoisotopic (exact) mass is 726 g/mol. The Balaban J connectivity index is 0.00000187. The maximum absolute atomic E-state index is 12.7. The fourth-order valence-corrected chi connectivity index (χ4v) is 9.47. The zero-order valence-electron chi connectivity index (χ0n) is 21.2. The second-order valence-electron chi connectivity index (χ2n) is 9.17. The summed E-state index contributed by atoms with van der Waals surface area (Å²) >= 11 is 11.2. The van der Waals surface area contributed by atoms with Gasteiger partial charge in [-0.3, -0.25) is 0 Å². The summed E-state index contributed by atoms with van der Waals surface area (Å²) in [4.78, 5) is 11.5. The van der Waals surface area contributed by atoms with Gasteiger partial charge >= 0.3 is 233 Å². The van der Waals surface area contributed by atoms with E-state index in [0.29, 0.717) is 11.1 Å². The van der Waals surface area contributed by atoms with Gasteiger partial charge in [0.05, 0.1) is 0 Å². The van der Waals surface area contributed by atoms with Crippen molar-refractivity contribution >= 4 is 111 Å². The van der Waals surface area contributed by atoms with Crippen LogP contribution in [0.1, 0.15) is 12.8 Å². The zero-order valence-corrected chi connectivity index (χ0v) is 28.0. The molecule has 1 aliphatic heterocycles. The third-order valence-electron chi connectivity index (χ3n) is 6.38. The smallest absolute Gasteiger partial charge is 0.147 e. The largest absolute Gasteiger partial charge is 0.147 e. The van der Waals surface area contributed by atoms with Gasteiger partial charge in [0.2, 0.25) is 0 Å². The van der Waals surface area contributed by atoms with Crippen molar-refractivity contribution in [3.63, 3.8) is 0 Å². The molecule has 1 aliphatic rings. The molecule has 5 rings (SSSR count). The van der Waals surface area contributed by atoms with E-state index in [1.54, 1.807) is 12.1 Å². The van der Waals surface area contributed by atoms with Crippen molar-refractivity contribution in [1.82, 2.24) is 9.97 Å². The fraction of sp³-hybridized carbons (Fsp3) is 0.231. The van der Waals surface area contributed by atoms with E-state index in [1.807, 2.05) is 36.5 Å². The standard InChI is InChI=1S/C26H25AsCl2N4O3S.3ClH/c1-37(35,36)23-13-31-22-6-4-15(16-10-20(28)26(34)21(29)11-16)9-19(22)25(23)27-17-5-7-24(32-12-17)33-8-2-3-18(30)14-33;;;/h4-7,9-13,18,27,34H,2-3,8,14,30H2,1H3;3*1H. The Morgan fingerprint density at radius 2 is 1.70 bits per heavy atom. The van der Waals surface area contributed by atoms with Crippen LogP contribution in [0.4, 0.5) is 5.82 Å². The predicted molar refractivity (Wildman–Crippen MR) is 174 cm³/mol. The summed E-state index contributed by atoms with van der Waals surface area (Å²) in [5, 5.41) is 11.0. The van der Waals surface area contributed by atoms with E-state index in [2.05, 4.69) is 14.9 Å². The van der Waals surface area contributed by atoms with Gasteiger partial charge < -0.3 is 0 Å².